The third kappa shape index (κ3) is 5.45. The van der Waals surface area contributed by atoms with Crippen LogP contribution in [0.3, 0.4) is 0 Å². The number of halogens is 1. The van der Waals surface area contributed by atoms with Crippen LogP contribution in [0.15, 0.2) is 59.1 Å². The third-order valence-corrected chi connectivity index (χ3v) is 5.22. The van der Waals surface area contributed by atoms with E-state index in [9.17, 15) is 9.59 Å². The lowest BCUT2D eigenvalue weighted by Gasteiger charge is -2.15. The number of aryl methyl sites for hydroxylation is 1. The molecule has 1 amide bonds. The van der Waals surface area contributed by atoms with Gasteiger partial charge in [-0.25, -0.2) is 4.79 Å². The van der Waals surface area contributed by atoms with Gasteiger partial charge in [0.2, 0.25) is 0 Å². The van der Waals surface area contributed by atoms with Crippen molar-refractivity contribution >= 4 is 33.5 Å². The summed E-state index contributed by atoms with van der Waals surface area (Å²) in [6.07, 6.45) is -1.01. The van der Waals surface area contributed by atoms with Crippen LogP contribution in [0.25, 0.3) is 11.3 Å². The normalized spacial score (nSPS) is 11.4. The molecule has 8 heteroatoms. The fourth-order valence-corrected chi connectivity index (χ4v) is 3.42. The highest BCUT2D eigenvalue weighted by Gasteiger charge is 2.21. The van der Waals surface area contributed by atoms with E-state index < -0.39 is 18.0 Å². The molecule has 32 heavy (non-hydrogen) atoms. The zero-order valence-electron chi connectivity index (χ0n) is 18.1. The van der Waals surface area contributed by atoms with E-state index in [1.807, 2.05) is 24.3 Å². The molecule has 3 aromatic rings. The highest BCUT2D eigenvalue weighted by molar-refractivity contribution is 9.10. The van der Waals surface area contributed by atoms with Gasteiger partial charge in [0, 0.05) is 21.8 Å². The number of carbonyl (C=O) groups excluding carboxylic acids is 2. The highest BCUT2D eigenvalue weighted by atomic mass is 79.9. The Morgan fingerprint density at radius 1 is 1.00 bits per heavy atom. The number of nitrogens with zero attached hydrogens (tertiary/aromatic N) is 1. The first-order valence-corrected chi connectivity index (χ1v) is 10.6. The number of benzene rings is 2. The zero-order chi connectivity index (χ0) is 23.3. The van der Waals surface area contributed by atoms with Gasteiger partial charge in [-0.05, 0) is 50.2 Å². The van der Waals surface area contributed by atoms with Gasteiger partial charge < -0.3 is 19.5 Å². The molecule has 1 N–H and O–H groups in total. The number of pyridine rings is 1. The summed E-state index contributed by atoms with van der Waals surface area (Å²) in [7, 11) is 3.03. The number of rotatable bonds is 7. The number of carbonyl (C=O) groups is 2. The second-order valence-corrected chi connectivity index (χ2v) is 7.86. The van der Waals surface area contributed by atoms with Gasteiger partial charge in [-0.2, -0.15) is 0 Å². The van der Waals surface area contributed by atoms with Crippen molar-refractivity contribution < 1.29 is 23.8 Å². The average Bonchev–Trinajstić information content (AvgIpc) is 2.78. The summed E-state index contributed by atoms with van der Waals surface area (Å²) in [4.78, 5) is 29.7. The molecule has 7 nitrogen and oxygen atoms in total. The highest BCUT2D eigenvalue weighted by Crippen LogP contribution is 2.30. The number of esters is 1. The van der Waals surface area contributed by atoms with Crippen LogP contribution in [0.1, 0.15) is 23.0 Å². The molecule has 0 aliphatic heterocycles. The van der Waals surface area contributed by atoms with Crippen molar-refractivity contribution in [2.75, 3.05) is 19.5 Å². The van der Waals surface area contributed by atoms with Crippen molar-refractivity contribution in [3.63, 3.8) is 0 Å². The minimum atomic E-state index is -1.01. The van der Waals surface area contributed by atoms with E-state index in [0.717, 1.165) is 15.7 Å². The van der Waals surface area contributed by atoms with Crippen molar-refractivity contribution in [1.82, 2.24) is 4.98 Å². The first kappa shape index (κ1) is 23.3. The van der Waals surface area contributed by atoms with Crippen LogP contribution in [0, 0.1) is 6.92 Å². The van der Waals surface area contributed by atoms with Gasteiger partial charge in [-0.15, -0.1) is 0 Å². The van der Waals surface area contributed by atoms with E-state index in [1.54, 1.807) is 37.3 Å². The summed E-state index contributed by atoms with van der Waals surface area (Å²) in [5.41, 5.74) is 2.96. The predicted octanol–water partition coefficient (Wildman–Crippen LogP) is 5.02. The molecule has 0 fully saturated rings. The molecular weight excluding hydrogens is 476 g/mol. The molecule has 0 radical (unpaired) electrons. The van der Waals surface area contributed by atoms with Crippen LogP contribution in [0.5, 0.6) is 11.5 Å². The SMILES string of the molecule is COc1ccc(NC(=O)C(C)OC(=O)c2ccc(-c3cccc(Br)c3)nc2C)cc1OC. The minimum absolute atomic E-state index is 0.300. The Kier molecular flexibility index (Phi) is 7.48. The maximum atomic E-state index is 12.6. The van der Waals surface area contributed by atoms with Gasteiger partial charge in [0.1, 0.15) is 0 Å². The molecule has 3 rings (SSSR count). The van der Waals surface area contributed by atoms with Crippen molar-refractivity contribution in [2.24, 2.45) is 0 Å². The molecule has 0 bridgehead atoms. The fraction of sp³-hybridized carbons (Fsp3) is 0.208. The predicted molar refractivity (Wildman–Crippen MR) is 125 cm³/mol. The fourth-order valence-electron chi connectivity index (χ4n) is 3.02. The molecule has 0 saturated carbocycles. The lowest BCUT2D eigenvalue weighted by Crippen LogP contribution is -2.30. The number of anilines is 1. The maximum Gasteiger partial charge on any atom is 0.340 e. The summed E-state index contributed by atoms with van der Waals surface area (Å²) in [6.45, 7) is 3.24. The Morgan fingerprint density at radius 3 is 2.41 bits per heavy atom. The number of aromatic nitrogens is 1. The third-order valence-electron chi connectivity index (χ3n) is 4.73. The molecule has 0 saturated heterocycles. The number of amides is 1. The van der Waals surface area contributed by atoms with E-state index in [1.165, 1.54) is 21.1 Å². The molecule has 0 aliphatic carbocycles. The first-order valence-electron chi connectivity index (χ1n) is 9.80. The Bertz CT molecular complexity index is 1150. The minimum Gasteiger partial charge on any atom is -0.493 e. The average molecular weight is 499 g/mol. The standard InChI is InChI=1S/C24H23BrN2O5/c1-14-19(9-10-20(26-14)16-6-5-7-17(25)12-16)24(29)32-15(2)23(28)27-18-8-11-21(30-3)22(13-18)31-4/h5-13,15H,1-4H3,(H,27,28). The van der Waals surface area contributed by atoms with Crippen LogP contribution in [0.2, 0.25) is 0 Å². The van der Waals surface area contributed by atoms with Gasteiger partial charge >= 0.3 is 5.97 Å². The van der Waals surface area contributed by atoms with Gasteiger partial charge in [-0.3, -0.25) is 9.78 Å². The molecule has 0 spiro atoms. The Morgan fingerprint density at radius 2 is 1.75 bits per heavy atom. The largest absolute Gasteiger partial charge is 0.493 e. The van der Waals surface area contributed by atoms with E-state index >= 15 is 0 Å². The van der Waals surface area contributed by atoms with Crippen LogP contribution in [-0.2, 0) is 9.53 Å². The monoisotopic (exact) mass is 498 g/mol. The van der Waals surface area contributed by atoms with Crippen LogP contribution in [0.4, 0.5) is 5.69 Å². The number of ether oxygens (including phenoxy) is 3. The number of methoxy groups -OCH3 is 2. The molecule has 1 aromatic heterocycles. The van der Waals surface area contributed by atoms with Gasteiger partial charge in [0.05, 0.1) is 31.2 Å². The summed E-state index contributed by atoms with van der Waals surface area (Å²) < 4.78 is 16.7. The van der Waals surface area contributed by atoms with Crippen LogP contribution in [-0.4, -0.2) is 37.2 Å². The van der Waals surface area contributed by atoms with E-state index in [4.69, 9.17) is 14.2 Å². The molecule has 166 valence electrons. The van der Waals surface area contributed by atoms with E-state index in [0.29, 0.717) is 28.4 Å². The number of hydrogen-bond donors (Lipinski definition) is 1. The summed E-state index contributed by atoms with van der Waals surface area (Å²) >= 11 is 3.44. The zero-order valence-corrected chi connectivity index (χ0v) is 19.7. The lowest BCUT2D eigenvalue weighted by molar-refractivity contribution is -0.123. The molecule has 2 aromatic carbocycles. The molecule has 1 unspecified atom stereocenters. The summed E-state index contributed by atoms with van der Waals surface area (Å²) in [5.74, 6) is -0.0749. The smallest absolute Gasteiger partial charge is 0.340 e. The lowest BCUT2D eigenvalue weighted by atomic mass is 10.1. The molecule has 1 atom stereocenters. The van der Waals surface area contributed by atoms with Crippen LogP contribution >= 0.6 is 15.9 Å². The molecule has 0 aliphatic rings. The summed E-state index contributed by atoms with van der Waals surface area (Å²) in [5, 5.41) is 2.70. The topological polar surface area (TPSA) is 86.8 Å². The second kappa shape index (κ2) is 10.3. The Hall–Kier alpha value is -3.39. The molecule has 1 heterocycles. The number of hydrogen-bond acceptors (Lipinski definition) is 6. The van der Waals surface area contributed by atoms with Gasteiger partial charge in [0.15, 0.2) is 17.6 Å². The van der Waals surface area contributed by atoms with Gasteiger partial charge in [-0.1, -0.05) is 28.1 Å². The van der Waals surface area contributed by atoms with E-state index in [-0.39, 0.29) is 0 Å². The van der Waals surface area contributed by atoms with Crippen molar-refractivity contribution in [3.05, 3.63) is 70.3 Å². The Labute approximate surface area is 194 Å². The molecular formula is C24H23BrN2O5. The van der Waals surface area contributed by atoms with Crippen molar-refractivity contribution in [3.8, 4) is 22.8 Å². The maximum absolute atomic E-state index is 12.6. The van der Waals surface area contributed by atoms with Crippen LogP contribution < -0.4 is 14.8 Å². The number of nitrogens with one attached hydrogen (secondary N) is 1. The first-order chi connectivity index (χ1) is 15.3. The van der Waals surface area contributed by atoms with Gasteiger partial charge in [0.25, 0.3) is 5.91 Å². The quantitative estimate of drug-likeness (QED) is 0.460. The van der Waals surface area contributed by atoms with E-state index in [2.05, 4.69) is 26.2 Å². The van der Waals surface area contributed by atoms with Crippen molar-refractivity contribution in [2.45, 2.75) is 20.0 Å². The summed E-state index contributed by atoms with van der Waals surface area (Å²) in [6, 6.07) is 16.1. The Balaban J connectivity index is 1.68. The van der Waals surface area contributed by atoms with Crippen molar-refractivity contribution in [1.29, 1.82) is 0 Å². The second-order valence-electron chi connectivity index (χ2n) is 6.95.